The van der Waals surface area contributed by atoms with Gasteiger partial charge in [0.05, 0.1) is 0 Å². The first-order valence-electron chi connectivity index (χ1n) is 7.65. The summed E-state index contributed by atoms with van der Waals surface area (Å²) in [5.74, 6) is 0.339. The molecule has 118 valence electrons. The number of hydrogen-bond donors (Lipinski definition) is 0. The lowest BCUT2D eigenvalue weighted by Crippen LogP contribution is -2.13. The van der Waals surface area contributed by atoms with Gasteiger partial charge in [0.1, 0.15) is 11.5 Å². The van der Waals surface area contributed by atoms with Crippen molar-refractivity contribution in [3.63, 3.8) is 0 Å². The number of para-hydroxylation sites is 1. The largest absolute Gasteiger partial charge is 0.382 e. The molecule has 0 spiro atoms. The van der Waals surface area contributed by atoms with Crippen molar-refractivity contribution in [2.24, 2.45) is 0 Å². The average molecular weight is 318 g/mol. The van der Waals surface area contributed by atoms with Crippen LogP contribution in [0.15, 0.2) is 54.6 Å². The predicted octanol–water partition coefficient (Wildman–Crippen LogP) is 4.33. The van der Waals surface area contributed by atoms with Gasteiger partial charge in [-0.2, -0.15) is 8.42 Å². The molecule has 2 rings (SSSR count). The van der Waals surface area contributed by atoms with Crippen LogP contribution in [0.4, 0.5) is 0 Å². The van der Waals surface area contributed by atoms with Crippen molar-refractivity contribution in [2.45, 2.75) is 38.4 Å². The van der Waals surface area contributed by atoms with Crippen molar-refractivity contribution in [1.29, 1.82) is 0 Å². The molecule has 0 atom stereocenters. The zero-order valence-electron chi connectivity index (χ0n) is 12.9. The van der Waals surface area contributed by atoms with Gasteiger partial charge in [-0.05, 0) is 30.0 Å². The summed E-state index contributed by atoms with van der Waals surface area (Å²) in [6.45, 7) is 2.15. The summed E-state index contributed by atoms with van der Waals surface area (Å²) in [5, 5.41) is 0. The van der Waals surface area contributed by atoms with Gasteiger partial charge < -0.3 is 4.18 Å². The minimum Gasteiger partial charge on any atom is -0.382 e. The molecule has 2 aromatic carbocycles. The van der Waals surface area contributed by atoms with Gasteiger partial charge in [0.2, 0.25) is 0 Å². The van der Waals surface area contributed by atoms with Gasteiger partial charge in [-0.1, -0.05) is 68.3 Å². The van der Waals surface area contributed by atoms with E-state index in [4.69, 9.17) is 4.18 Å². The molecule has 3 nitrogen and oxygen atoms in total. The molecule has 0 heterocycles. The minimum atomic E-state index is -3.64. The Kier molecular flexibility index (Phi) is 6.01. The van der Waals surface area contributed by atoms with Gasteiger partial charge in [0.15, 0.2) is 0 Å². The average Bonchev–Trinajstić information content (AvgIpc) is 2.49. The maximum atomic E-state index is 12.2. The summed E-state index contributed by atoms with van der Waals surface area (Å²) in [7, 11) is -3.64. The van der Waals surface area contributed by atoms with Crippen LogP contribution >= 0.6 is 0 Å². The second kappa shape index (κ2) is 7.99. The van der Waals surface area contributed by atoms with Crippen molar-refractivity contribution >= 4 is 10.1 Å². The lowest BCUT2D eigenvalue weighted by atomic mass is 10.1. The van der Waals surface area contributed by atoms with Crippen LogP contribution in [-0.4, -0.2) is 8.42 Å². The van der Waals surface area contributed by atoms with E-state index in [-0.39, 0.29) is 5.75 Å². The zero-order chi connectivity index (χ0) is 15.8. The molecule has 0 saturated carbocycles. The van der Waals surface area contributed by atoms with Crippen molar-refractivity contribution in [1.82, 2.24) is 0 Å². The second-order valence-corrected chi connectivity index (χ2v) is 6.91. The lowest BCUT2D eigenvalue weighted by molar-refractivity contribution is 0.481. The Morgan fingerprint density at radius 2 is 1.59 bits per heavy atom. The molecule has 0 bridgehead atoms. The summed E-state index contributed by atoms with van der Waals surface area (Å²) in [4.78, 5) is 0. The van der Waals surface area contributed by atoms with Crippen LogP contribution in [0.3, 0.4) is 0 Å². The fourth-order valence-corrected chi connectivity index (χ4v) is 3.40. The van der Waals surface area contributed by atoms with Gasteiger partial charge in [0.25, 0.3) is 0 Å². The van der Waals surface area contributed by atoms with E-state index >= 15 is 0 Å². The number of benzene rings is 2. The quantitative estimate of drug-likeness (QED) is 0.537. The second-order valence-electron chi connectivity index (χ2n) is 5.34. The molecular weight excluding hydrogens is 296 g/mol. The van der Waals surface area contributed by atoms with Gasteiger partial charge in [-0.3, -0.25) is 0 Å². The van der Waals surface area contributed by atoms with E-state index in [1.165, 1.54) is 0 Å². The van der Waals surface area contributed by atoms with Crippen molar-refractivity contribution in [3.8, 4) is 5.75 Å². The normalized spacial score (nSPS) is 11.3. The first-order valence-corrected chi connectivity index (χ1v) is 9.22. The molecule has 0 aromatic heterocycles. The molecule has 2 aromatic rings. The molecule has 4 heteroatoms. The van der Waals surface area contributed by atoms with Crippen LogP contribution in [0, 0.1) is 0 Å². The Labute approximate surface area is 133 Å². The molecule has 0 amide bonds. The van der Waals surface area contributed by atoms with E-state index in [0.717, 1.165) is 36.8 Å². The fourth-order valence-electron chi connectivity index (χ4n) is 2.30. The summed E-state index contributed by atoms with van der Waals surface area (Å²) in [6, 6.07) is 16.5. The molecule has 0 unspecified atom stereocenters. The maximum Gasteiger partial charge on any atom is 0.313 e. The highest BCUT2D eigenvalue weighted by atomic mass is 32.2. The van der Waals surface area contributed by atoms with Gasteiger partial charge in [-0.25, -0.2) is 0 Å². The topological polar surface area (TPSA) is 43.4 Å². The van der Waals surface area contributed by atoms with Crippen molar-refractivity contribution < 1.29 is 12.6 Å². The smallest absolute Gasteiger partial charge is 0.313 e. The van der Waals surface area contributed by atoms with Crippen molar-refractivity contribution in [3.05, 3.63) is 65.7 Å². The molecule has 0 saturated heterocycles. The van der Waals surface area contributed by atoms with E-state index in [2.05, 4.69) is 6.92 Å². The lowest BCUT2D eigenvalue weighted by Gasteiger charge is -2.11. The van der Waals surface area contributed by atoms with Crippen LogP contribution in [0.25, 0.3) is 0 Å². The third-order valence-electron chi connectivity index (χ3n) is 3.43. The Morgan fingerprint density at radius 1 is 0.909 bits per heavy atom. The maximum absolute atomic E-state index is 12.2. The monoisotopic (exact) mass is 318 g/mol. The standard InChI is InChI=1S/C18H22O3S/c1-2-3-5-12-17-13-8-9-14-18(17)21-22(19,20)15-16-10-6-4-7-11-16/h4,6-11,13-14H,2-3,5,12,15H2,1H3. The summed E-state index contributed by atoms with van der Waals surface area (Å²) < 4.78 is 29.8. The summed E-state index contributed by atoms with van der Waals surface area (Å²) in [5.41, 5.74) is 1.68. The molecule has 0 aliphatic carbocycles. The third-order valence-corrected chi connectivity index (χ3v) is 4.55. The van der Waals surface area contributed by atoms with Crippen LogP contribution in [0.2, 0.25) is 0 Å². The number of rotatable bonds is 8. The Bertz CT molecular complexity index is 678. The highest BCUT2D eigenvalue weighted by Gasteiger charge is 2.16. The number of unbranched alkanes of at least 4 members (excludes halogenated alkanes) is 2. The van der Waals surface area contributed by atoms with E-state index < -0.39 is 10.1 Å². The Balaban J connectivity index is 2.09. The molecule has 0 N–H and O–H groups in total. The van der Waals surface area contributed by atoms with E-state index in [1.807, 2.05) is 30.3 Å². The first-order chi connectivity index (χ1) is 10.6. The van der Waals surface area contributed by atoms with Gasteiger partial charge in [0, 0.05) is 0 Å². The molecule has 0 aliphatic heterocycles. The minimum absolute atomic E-state index is 0.114. The Hall–Kier alpha value is -1.81. The van der Waals surface area contributed by atoms with Crippen LogP contribution in [0.1, 0.15) is 37.3 Å². The van der Waals surface area contributed by atoms with Crippen LogP contribution < -0.4 is 4.18 Å². The highest BCUT2D eigenvalue weighted by molar-refractivity contribution is 7.86. The van der Waals surface area contributed by atoms with Crippen LogP contribution in [-0.2, 0) is 22.3 Å². The molecule has 0 radical (unpaired) electrons. The molecular formula is C18H22O3S. The SMILES string of the molecule is CCCCCc1ccccc1OS(=O)(=O)Cc1ccccc1. The Morgan fingerprint density at radius 3 is 2.32 bits per heavy atom. The van der Waals surface area contributed by atoms with Gasteiger partial charge in [-0.15, -0.1) is 0 Å². The number of aryl methyl sites for hydroxylation is 1. The van der Waals surface area contributed by atoms with Gasteiger partial charge >= 0.3 is 10.1 Å². The number of hydrogen-bond acceptors (Lipinski definition) is 3. The summed E-state index contributed by atoms with van der Waals surface area (Å²) in [6.07, 6.45) is 4.14. The zero-order valence-corrected chi connectivity index (χ0v) is 13.7. The van der Waals surface area contributed by atoms with E-state index in [1.54, 1.807) is 24.3 Å². The first kappa shape index (κ1) is 16.6. The predicted molar refractivity (Wildman–Crippen MR) is 89.4 cm³/mol. The van der Waals surface area contributed by atoms with Crippen LogP contribution in [0.5, 0.6) is 5.75 Å². The molecule has 0 fully saturated rings. The molecule has 22 heavy (non-hydrogen) atoms. The van der Waals surface area contributed by atoms with E-state index in [0.29, 0.717) is 5.75 Å². The van der Waals surface area contributed by atoms with Crippen molar-refractivity contribution in [2.75, 3.05) is 0 Å². The third kappa shape index (κ3) is 5.19. The molecule has 0 aliphatic rings. The fraction of sp³-hybridized carbons (Fsp3) is 0.333. The van der Waals surface area contributed by atoms with E-state index in [9.17, 15) is 8.42 Å². The summed E-state index contributed by atoms with van der Waals surface area (Å²) >= 11 is 0. The highest BCUT2D eigenvalue weighted by Crippen LogP contribution is 2.23.